The summed E-state index contributed by atoms with van der Waals surface area (Å²) in [5, 5.41) is 0. The molecule has 0 fully saturated rings. The summed E-state index contributed by atoms with van der Waals surface area (Å²) in [6.45, 7) is 1.37. The Bertz CT molecular complexity index is 831. The minimum Gasteiger partial charge on any atom is -0.493 e. The Morgan fingerprint density at radius 2 is 0.963 bits per heavy atom. The molecule has 0 aromatic heterocycles. The van der Waals surface area contributed by atoms with Crippen LogP contribution in [0.3, 0.4) is 0 Å². The summed E-state index contributed by atoms with van der Waals surface area (Å²) < 4.78 is 12.6. The molecular formula is C23H26O2S2. The van der Waals surface area contributed by atoms with E-state index in [1.807, 2.05) is 0 Å². The summed E-state index contributed by atoms with van der Waals surface area (Å²) in [5.41, 5.74) is 8.27. The van der Waals surface area contributed by atoms with Gasteiger partial charge in [0.1, 0.15) is 11.5 Å². The SMILES string of the molecule is Sc1cc2c(c3c1CCCC3)-c1c(cc(S)c3c1CCCC3)OCCCO2. The summed E-state index contributed by atoms with van der Waals surface area (Å²) in [7, 11) is 0. The zero-order valence-corrected chi connectivity index (χ0v) is 17.4. The molecule has 2 aromatic rings. The average molecular weight is 399 g/mol. The van der Waals surface area contributed by atoms with Crippen LogP contribution in [-0.4, -0.2) is 13.2 Å². The van der Waals surface area contributed by atoms with E-state index in [9.17, 15) is 0 Å². The number of benzene rings is 2. The van der Waals surface area contributed by atoms with Crippen LogP contribution >= 0.6 is 25.3 Å². The van der Waals surface area contributed by atoms with Gasteiger partial charge in [-0.15, -0.1) is 25.3 Å². The molecule has 2 aliphatic carbocycles. The summed E-state index contributed by atoms with van der Waals surface area (Å²) >= 11 is 9.64. The van der Waals surface area contributed by atoms with Gasteiger partial charge in [-0.1, -0.05) is 0 Å². The highest BCUT2D eigenvalue weighted by atomic mass is 32.1. The van der Waals surface area contributed by atoms with Crippen LogP contribution in [0.1, 0.15) is 54.4 Å². The van der Waals surface area contributed by atoms with Crippen LogP contribution in [0.5, 0.6) is 11.5 Å². The van der Waals surface area contributed by atoms with Gasteiger partial charge >= 0.3 is 0 Å². The highest BCUT2D eigenvalue weighted by Gasteiger charge is 2.29. The van der Waals surface area contributed by atoms with Crippen molar-refractivity contribution >= 4 is 25.3 Å². The van der Waals surface area contributed by atoms with Crippen LogP contribution in [0.25, 0.3) is 11.1 Å². The fourth-order valence-corrected chi connectivity index (χ4v) is 5.72. The van der Waals surface area contributed by atoms with Crippen molar-refractivity contribution in [2.45, 2.75) is 67.6 Å². The van der Waals surface area contributed by atoms with Gasteiger partial charge in [-0.25, -0.2) is 0 Å². The van der Waals surface area contributed by atoms with E-state index in [1.54, 1.807) is 0 Å². The number of fused-ring (bicyclic) bond motifs is 7. The largest absolute Gasteiger partial charge is 0.493 e. The molecule has 0 spiro atoms. The van der Waals surface area contributed by atoms with Crippen molar-refractivity contribution in [3.63, 3.8) is 0 Å². The Hall–Kier alpha value is -1.26. The van der Waals surface area contributed by atoms with Gasteiger partial charge in [0.15, 0.2) is 0 Å². The maximum absolute atomic E-state index is 6.29. The van der Waals surface area contributed by atoms with E-state index in [0.29, 0.717) is 13.2 Å². The molecule has 0 atom stereocenters. The molecule has 0 amide bonds. The van der Waals surface area contributed by atoms with Crippen molar-refractivity contribution in [3.05, 3.63) is 34.4 Å². The van der Waals surface area contributed by atoms with E-state index in [-0.39, 0.29) is 0 Å². The standard InChI is InChI=1S/C23H26O2S2/c26-20-12-18-22(16-8-3-1-6-14(16)20)23-17-9-4-2-7-15(17)21(27)13-19(23)25-11-5-10-24-18/h12-13,26-27H,1-11H2. The Kier molecular flexibility index (Phi) is 4.81. The second-order valence-electron chi connectivity index (χ2n) is 7.92. The summed E-state index contributed by atoms with van der Waals surface area (Å²) in [6.07, 6.45) is 10.3. The van der Waals surface area contributed by atoms with Crippen molar-refractivity contribution in [2.24, 2.45) is 0 Å². The molecule has 1 heterocycles. The molecule has 142 valence electrons. The van der Waals surface area contributed by atoms with Gasteiger partial charge in [0.25, 0.3) is 0 Å². The zero-order valence-electron chi connectivity index (χ0n) is 15.6. The predicted octanol–water partition coefficient (Wildman–Crippen LogP) is 5.85. The van der Waals surface area contributed by atoms with Gasteiger partial charge in [0, 0.05) is 27.3 Å². The van der Waals surface area contributed by atoms with Crippen molar-refractivity contribution in [2.75, 3.05) is 13.2 Å². The number of thiol groups is 2. The predicted molar refractivity (Wildman–Crippen MR) is 115 cm³/mol. The smallest absolute Gasteiger partial charge is 0.128 e. The lowest BCUT2D eigenvalue weighted by atomic mass is 9.80. The molecular weight excluding hydrogens is 372 g/mol. The Morgan fingerprint density at radius 3 is 1.41 bits per heavy atom. The average Bonchev–Trinajstić information content (AvgIpc) is 2.77. The first kappa shape index (κ1) is 17.8. The van der Waals surface area contributed by atoms with E-state index in [4.69, 9.17) is 34.7 Å². The summed E-state index contributed by atoms with van der Waals surface area (Å²) in [5.74, 6) is 1.99. The molecule has 1 aliphatic heterocycles. The fourth-order valence-electron chi connectivity index (χ4n) is 4.99. The quantitative estimate of drug-likeness (QED) is 0.542. The molecule has 4 heteroatoms. The lowest BCUT2D eigenvalue weighted by Crippen LogP contribution is -2.12. The van der Waals surface area contributed by atoms with Gasteiger partial charge in [-0.05, 0) is 85.8 Å². The molecule has 0 N–H and O–H groups in total. The third kappa shape index (κ3) is 3.05. The number of hydrogen-bond acceptors (Lipinski definition) is 4. The molecule has 0 bridgehead atoms. The molecule has 27 heavy (non-hydrogen) atoms. The van der Waals surface area contributed by atoms with Crippen LogP contribution in [0.2, 0.25) is 0 Å². The number of rotatable bonds is 0. The molecule has 2 nitrogen and oxygen atoms in total. The lowest BCUT2D eigenvalue weighted by molar-refractivity contribution is 0.251. The van der Waals surface area contributed by atoms with Gasteiger partial charge in [0.2, 0.25) is 0 Å². The zero-order chi connectivity index (χ0) is 18.4. The van der Waals surface area contributed by atoms with Crippen LogP contribution in [0.4, 0.5) is 0 Å². The fraction of sp³-hybridized carbons (Fsp3) is 0.478. The Labute approximate surface area is 172 Å². The van der Waals surface area contributed by atoms with Gasteiger partial charge in [-0.2, -0.15) is 0 Å². The second kappa shape index (κ2) is 7.29. The molecule has 0 radical (unpaired) electrons. The Morgan fingerprint density at radius 1 is 0.556 bits per heavy atom. The van der Waals surface area contributed by atoms with Crippen LogP contribution in [-0.2, 0) is 25.7 Å². The summed E-state index contributed by atoms with van der Waals surface area (Å²) in [4.78, 5) is 2.18. The van der Waals surface area contributed by atoms with E-state index in [2.05, 4.69) is 12.1 Å². The topological polar surface area (TPSA) is 18.5 Å². The number of hydrogen-bond donors (Lipinski definition) is 2. The maximum Gasteiger partial charge on any atom is 0.128 e. The monoisotopic (exact) mass is 398 g/mol. The third-order valence-corrected chi connectivity index (χ3v) is 7.04. The van der Waals surface area contributed by atoms with E-state index in [1.165, 1.54) is 59.1 Å². The first-order valence-electron chi connectivity index (χ1n) is 10.3. The van der Waals surface area contributed by atoms with Crippen molar-refractivity contribution in [3.8, 4) is 22.6 Å². The lowest BCUT2D eigenvalue weighted by Gasteiger charge is -2.28. The van der Waals surface area contributed by atoms with Gasteiger partial charge < -0.3 is 9.47 Å². The molecule has 2 aromatic carbocycles. The summed E-state index contributed by atoms with van der Waals surface area (Å²) in [6, 6.07) is 4.31. The molecule has 3 aliphatic rings. The molecule has 0 unspecified atom stereocenters. The van der Waals surface area contributed by atoms with Crippen molar-refractivity contribution in [1.82, 2.24) is 0 Å². The normalized spacial score (nSPS) is 18.4. The van der Waals surface area contributed by atoms with Gasteiger partial charge in [0.05, 0.1) is 13.2 Å². The first-order valence-corrected chi connectivity index (χ1v) is 11.1. The minimum absolute atomic E-state index is 0.683. The van der Waals surface area contributed by atoms with Crippen molar-refractivity contribution < 1.29 is 9.47 Å². The highest BCUT2D eigenvalue weighted by molar-refractivity contribution is 7.80. The number of ether oxygens (including phenoxy) is 2. The van der Waals surface area contributed by atoms with E-state index in [0.717, 1.165) is 53.4 Å². The second-order valence-corrected chi connectivity index (χ2v) is 8.88. The maximum atomic E-state index is 6.29. The third-order valence-electron chi connectivity index (χ3n) is 6.24. The van der Waals surface area contributed by atoms with E-state index >= 15 is 0 Å². The van der Waals surface area contributed by atoms with Gasteiger partial charge in [-0.3, -0.25) is 0 Å². The van der Waals surface area contributed by atoms with Crippen LogP contribution < -0.4 is 9.47 Å². The molecule has 5 rings (SSSR count). The molecule has 0 saturated heterocycles. The Balaban J connectivity index is 1.86. The van der Waals surface area contributed by atoms with E-state index < -0.39 is 0 Å². The van der Waals surface area contributed by atoms with Crippen molar-refractivity contribution in [1.29, 1.82) is 0 Å². The van der Waals surface area contributed by atoms with Crippen LogP contribution in [0, 0.1) is 0 Å². The molecule has 0 saturated carbocycles. The highest BCUT2D eigenvalue weighted by Crippen LogP contribution is 2.49. The first-order chi connectivity index (χ1) is 13.2. The van der Waals surface area contributed by atoms with Crippen LogP contribution in [0.15, 0.2) is 21.9 Å². The minimum atomic E-state index is 0.683.